The number of rotatable bonds is 5. The standard InChI is InChI=1S/C23H22ClN5O2/c1-23(2,3)12-19(30)26-17-6-4-5-14(11-17)20-18(13-25)21(31)29-22(28-20)27-16-9-7-15(24)8-10-16/h4-11H,12H2,1-3H3,(H,26,30)(H2,27,28,29,31). The summed E-state index contributed by atoms with van der Waals surface area (Å²) in [5.41, 5.74) is 1.17. The maximum absolute atomic E-state index is 12.5. The van der Waals surface area contributed by atoms with Gasteiger partial charge in [-0.1, -0.05) is 44.5 Å². The third kappa shape index (κ3) is 5.93. The maximum atomic E-state index is 12.5. The number of carbonyl (C=O) groups excluding carboxylic acids is 1. The largest absolute Gasteiger partial charge is 0.326 e. The molecule has 3 N–H and O–H groups in total. The van der Waals surface area contributed by atoms with Crippen molar-refractivity contribution < 1.29 is 4.79 Å². The number of nitrogens with one attached hydrogen (secondary N) is 3. The molecule has 0 unspecified atom stereocenters. The number of carbonyl (C=O) groups is 1. The molecule has 0 fully saturated rings. The summed E-state index contributed by atoms with van der Waals surface area (Å²) in [6.45, 7) is 5.95. The molecule has 3 rings (SSSR count). The first kappa shape index (κ1) is 22.1. The van der Waals surface area contributed by atoms with Crippen molar-refractivity contribution in [2.24, 2.45) is 5.41 Å². The van der Waals surface area contributed by atoms with Crippen LogP contribution in [0, 0.1) is 16.7 Å². The van der Waals surface area contributed by atoms with Crippen LogP contribution in [-0.4, -0.2) is 15.9 Å². The first-order chi connectivity index (χ1) is 14.6. The zero-order chi connectivity index (χ0) is 22.6. The van der Waals surface area contributed by atoms with E-state index < -0.39 is 5.56 Å². The van der Waals surface area contributed by atoms with Crippen molar-refractivity contribution in [3.63, 3.8) is 0 Å². The highest BCUT2D eigenvalue weighted by molar-refractivity contribution is 6.30. The molecule has 0 spiro atoms. The van der Waals surface area contributed by atoms with Crippen LogP contribution in [0.4, 0.5) is 17.3 Å². The first-order valence-corrected chi connectivity index (χ1v) is 10.00. The third-order valence-electron chi connectivity index (χ3n) is 4.25. The second-order valence-corrected chi connectivity index (χ2v) is 8.68. The zero-order valence-corrected chi connectivity index (χ0v) is 18.2. The molecule has 0 saturated carbocycles. The van der Waals surface area contributed by atoms with Gasteiger partial charge in [0.25, 0.3) is 5.56 Å². The molecule has 3 aromatic rings. The minimum atomic E-state index is -0.564. The number of anilines is 3. The molecule has 0 saturated heterocycles. The van der Waals surface area contributed by atoms with Gasteiger partial charge in [0, 0.05) is 28.4 Å². The van der Waals surface area contributed by atoms with Gasteiger partial charge in [-0.3, -0.25) is 14.6 Å². The second-order valence-electron chi connectivity index (χ2n) is 8.25. The van der Waals surface area contributed by atoms with E-state index in [4.69, 9.17) is 11.6 Å². The lowest BCUT2D eigenvalue weighted by molar-refractivity contribution is -0.117. The summed E-state index contributed by atoms with van der Waals surface area (Å²) in [5.74, 6) is 0.0672. The van der Waals surface area contributed by atoms with Crippen LogP contribution in [0.25, 0.3) is 11.3 Å². The summed E-state index contributed by atoms with van der Waals surface area (Å²) in [7, 11) is 0. The lowest BCUT2D eigenvalue weighted by atomic mass is 9.92. The summed E-state index contributed by atoms with van der Waals surface area (Å²) in [6.07, 6.45) is 0.360. The van der Waals surface area contributed by atoms with E-state index in [9.17, 15) is 14.9 Å². The third-order valence-corrected chi connectivity index (χ3v) is 4.50. The van der Waals surface area contributed by atoms with Crippen LogP contribution >= 0.6 is 11.6 Å². The van der Waals surface area contributed by atoms with Crippen LogP contribution in [0.5, 0.6) is 0 Å². The van der Waals surface area contributed by atoms with E-state index in [1.807, 2.05) is 26.8 Å². The lowest BCUT2D eigenvalue weighted by Crippen LogP contribution is -2.19. The molecular formula is C23H22ClN5O2. The highest BCUT2D eigenvalue weighted by atomic mass is 35.5. The fourth-order valence-corrected chi connectivity index (χ4v) is 3.07. The van der Waals surface area contributed by atoms with Crippen molar-refractivity contribution in [3.8, 4) is 17.3 Å². The van der Waals surface area contributed by atoms with Gasteiger partial charge < -0.3 is 10.6 Å². The number of hydrogen-bond acceptors (Lipinski definition) is 5. The number of nitrogens with zero attached hydrogens (tertiary/aromatic N) is 2. The van der Waals surface area contributed by atoms with Crippen molar-refractivity contribution >= 4 is 34.8 Å². The predicted molar refractivity (Wildman–Crippen MR) is 122 cm³/mol. The predicted octanol–water partition coefficient (Wildman–Crippen LogP) is 5.08. The highest BCUT2D eigenvalue weighted by Gasteiger charge is 2.17. The average molecular weight is 436 g/mol. The molecule has 2 aromatic carbocycles. The maximum Gasteiger partial charge on any atom is 0.270 e. The van der Waals surface area contributed by atoms with E-state index in [1.165, 1.54) is 0 Å². The zero-order valence-electron chi connectivity index (χ0n) is 17.4. The van der Waals surface area contributed by atoms with E-state index >= 15 is 0 Å². The van der Waals surface area contributed by atoms with E-state index in [0.29, 0.717) is 28.4 Å². The quantitative estimate of drug-likeness (QED) is 0.517. The van der Waals surface area contributed by atoms with Crippen molar-refractivity contribution in [1.82, 2.24) is 9.97 Å². The van der Waals surface area contributed by atoms with Gasteiger partial charge in [-0.25, -0.2) is 4.98 Å². The molecule has 0 atom stereocenters. The number of halogens is 1. The Morgan fingerprint density at radius 3 is 2.52 bits per heavy atom. The van der Waals surface area contributed by atoms with E-state index in [1.54, 1.807) is 48.5 Å². The van der Waals surface area contributed by atoms with Gasteiger partial charge >= 0.3 is 0 Å². The van der Waals surface area contributed by atoms with Gasteiger partial charge in [0.15, 0.2) is 0 Å². The highest BCUT2D eigenvalue weighted by Crippen LogP contribution is 2.25. The number of benzene rings is 2. The molecule has 31 heavy (non-hydrogen) atoms. The SMILES string of the molecule is CC(C)(C)CC(=O)Nc1cccc(-c2nc(Nc3ccc(Cl)cc3)[nH]c(=O)c2C#N)c1. The van der Waals surface area contributed by atoms with Crippen LogP contribution in [0.3, 0.4) is 0 Å². The molecule has 1 heterocycles. The first-order valence-electron chi connectivity index (χ1n) is 9.62. The monoisotopic (exact) mass is 435 g/mol. The fraction of sp³-hybridized carbons (Fsp3) is 0.217. The van der Waals surface area contributed by atoms with Crippen LogP contribution < -0.4 is 16.2 Å². The molecule has 158 valence electrons. The van der Waals surface area contributed by atoms with Gasteiger partial charge in [0.2, 0.25) is 11.9 Å². The topological polar surface area (TPSA) is 111 Å². The van der Waals surface area contributed by atoms with E-state index in [2.05, 4.69) is 20.6 Å². The summed E-state index contributed by atoms with van der Waals surface area (Å²) < 4.78 is 0. The fourth-order valence-electron chi connectivity index (χ4n) is 2.95. The van der Waals surface area contributed by atoms with Crippen LogP contribution in [0.15, 0.2) is 53.3 Å². The number of hydrogen-bond donors (Lipinski definition) is 3. The van der Waals surface area contributed by atoms with E-state index in [-0.39, 0.29) is 28.5 Å². The number of aromatic amines is 1. The average Bonchev–Trinajstić information content (AvgIpc) is 2.68. The van der Waals surface area contributed by atoms with Gasteiger partial charge in [0.05, 0.1) is 5.69 Å². The van der Waals surface area contributed by atoms with Crippen molar-refractivity contribution in [1.29, 1.82) is 5.26 Å². The molecule has 7 nitrogen and oxygen atoms in total. The number of nitriles is 1. The molecule has 0 aliphatic heterocycles. The smallest absolute Gasteiger partial charge is 0.270 e. The molecule has 0 bridgehead atoms. The summed E-state index contributed by atoms with van der Waals surface area (Å²) in [5, 5.41) is 15.9. The normalized spacial score (nSPS) is 10.9. The molecule has 0 aliphatic rings. The van der Waals surface area contributed by atoms with Crippen LogP contribution in [0.2, 0.25) is 5.02 Å². The van der Waals surface area contributed by atoms with Crippen molar-refractivity contribution in [2.75, 3.05) is 10.6 Å². The molecule has 1 amide bonds. The van der Waals surface area contributed by atoms with Gasteiger partial charge in [-0.05, 0) is 41.8 Å². The van der Waals surface area contributed by atoms with Crippen LogP contribution in [0.1, 0.15) is 32.8 Å². The van der Waals surface area contributed by atoms with Crippen molar-refractivity contribution in [2.45, 2.75) is 27.2 Å². The lowest BCUT2D eigenvalue weighted by Gasteiger charge is -2.17. The number of amides is 1. The Morgan fingerprint density at radius 2 is 1.87 bits per heavy atom. The Hall–Kier alpha value is -3.63. The summed E-state index contributed by atoms with van der Waals surface area (Å²) in [4.78, 5) is 31.8. The van der Waals surface area contributed by atoms with Gasteiger partial charge in [-0.2, -0.15) is 5.26 Å². The van der Waals surface area contributed by atoms with Gasteiger partial charge in [0.1, 0.15) is 11.6 Å². The molecule has 0 radical (unpaired) electrons. The van der Waals surface area contributed by atoms with Crippen LogP contribution in [-0.2, 0) is 4.79 Å². The molecule has 8 heteroatoms. The summed E-state index contributed by atoms with van der Waals surface area (Å²) in [6, 6.07) is 15.7. The minimum absolute atomic E-state index is 0.111. The van der Waals surface area contributed by atoms with E-state index in [0.717, 1.165) is 0 Å². The number of H-pyrrole nitrogens is 1. The minimum Gasteiger partial charge on any atom is -0.326 e. The van der Waals surface area contributed by atoms with Gasteiger partial charge in [-0.15, -0.1) is 0 Å². The molecule has 0 aliphatic carbocycles. The number of aromatic nitrogens is 2. The van der Waals surface area contributed by atoms with Crippen molar-refractivity contribution in [3.05, 3.63) is 69.5 Å². The Morgan fingerprint density at radius 1 is 1.16 bits per heavy atom. The molecule has 1 aromatic heterocycles. The summed E-state index contributed by atoms with van der Waals surface area (Å²) >= 11 is 5.90. The Kier molecular flexibility index (Phi) is 6.42. The Bertz CT molecular complexity index is 1200. The Labute approximate surface area is 185 Å². The molecular weight excluding hydrogens is 414 g/mol. The Balaban J connectivity index is 1.95. The second kappa shape index (κ2) is 9.02.